The van der Waals surface area contributed by atoms with Crippen LogP contribution in [0.3, 0.4) is 0 Å². The Kier molecular flexibility index (Phi) is 5.03. The van der Waals surface area contributed by atoms with Gasteiger partial charge < -0.3 is 19.9 Å². The van der Waals surface area contributed by atoms with Crippen LogP contribution in [0.25, 0.3) is 0 Å². The summed E-state index contributed by atoms with van der Waals surface area (Å²) < 4.78 is 43.4. The molecule has 2 aliphatic rings. The molecule has 0 unspecified atom stereocenters. The minimum absolute atomic E-state index is 0.164. The highest BCUT2D eigenvalue weighted by Crippen LogP contribution is 2.64. The fraction of sp³-hybridized carbons (Fsp3) is 0.400. The zero-order chi connectivity index (χ0) is 19.9. The van der Waals surface area contributed by atoms with Crippen molar-refractivity contribution in [1.82, 2.24) is 0 Å². The van der Waals surface area contributed by atoms with E-state index >= 15 is 0 Å². The predicted molar refractivity (Wildman–Crippen MR) is 106 cm³/mol. The molecule has 2 aromatic rings. The largest absolute Gasteiger partial charge is 0.454 e. The van der Waals surface area contributed by atoms with Crippen molar-refractivity contribution in [1.29, 1.82) is 0 Å². The Hall–Kier alpha value is -1.80. The van der Waals surface area contributed by atoms with Crippen LogP contribution in [0.4, 0.5) is 0 Å². The van der Waals surface area contributed by atoms with Crippen molar-refractivity contribution >= 4 is 21.4 Å². The quantitative estimate of drug-likeness (QED) is 0.736. The summed E-state index contributed by atoms with van der Waals surface area (Å²) in [4.78, 5) is 0.236. The normalized spacial score (nSPS) is 25.7. The van der Waals surface area contributed by atoms with E-state index in [9.17, 15) is 8.42 Å². The van der Waals surface area contributed by atoms with Gasteiger partial charge in [-0.25, -0.2) is 8.42 Å². The number of nitrogens with two attached hydrogens (primary N) is 1. The molecule has 1 heterocycles. The third-order valence-electron chi connectivity index (χ3n) is 5.57. The molecule has 2 aromatic carbocycles. The number of fused-ring (bicyclic) bond motifs is 1. The topological polar surface area (TPSA) is 87.9 Å². The smallest absolute Gasteiger partial charge is 0.231 e. The minimum atomic E-state index is -3.63. The van der Waals surface area contributed by atoms with E-state index in [0.717, 1.165) is 5.56 Å². The molecule has 1 fully saturated rings. The predicted octanol–water partition coefficient (Wildman–Crippen LogP) is 2.99. The van der Waals surface area contributed by atoms with Gasteiger partial charge in [0.05, 0.1) is 16.8 Å². The summed E-state index contributed by atoms with van der Waals surface area (Å²) >= 11 is 5.93. The van der Waals surface area contributed by atoms with Gasteiger partial charge in [-0.15, -0.1) is 0 Å². The van der Waals surface area contributed by atoms with Gasteiger partial charge in [-0.3, -0.25) is 0 Å². The number of halogens is 1. The van der Waals surface area contributed by atoms with Crippen LogP contribution in [0, 0.1) is 5.41 Å². The van der Waals surface area contributed by atoms with Gasteiger partial charge in [0.2, 0.25) is 6.79 Å². The molecule has 2 N–H and O–H groups in total. The van der Waals surface area contributed by atoms with Crippen LogP contribution < -0.4 is 15.2 Å². The van der Waals surface area contributed by atoms with Gasteiger partial charge in [0.1, 0.15) is 0 Å². The number of hydrogen-bond donors (Lipinski definition) is 1. The van der Waals surface area contributed by atoms with Gasteiger partial charge >= 0.3 is 0 Å². The lowest BCUT2D eigenvalue weighted by Crippen LogP contribution is -2.29. The number of hydrogen-bond acceptors (Lipinski definition) is 6. The van der Waals surface area contributed by atoms with Crippen molar-refractivity contribution in [3.8, 4) is 11.5 Å². The molecule has 8 heteroatoms. The maximum atomic E-state index is 13.5. The van der Waals surface area contributed by atoms with E-state index < -0.39 is 20.5 Å². The Morgan fingerprint density at radius 2 is 1.89 bits per heavy atom. The van der Waals surface area contributed by atoms with Crippen molar-refractivity contribution in [3.63, 3.8) is 0 Å². The molecule has 150 valence electrons. The maximum absolute atomic E-state index is 13.5. The van der Waals surface area contributed by atoms with Gasteiger partial charge in [0.25, 0.3) is 0 Å². The highest BCUT2D eigenvalue weighted by atomic mass is 35.5. The van der Waals surface area contributed by atoms with Crippen molar-refractivity contribution < 1.29 is 22.6 Å². The number of ether oxygens (including phenoxy) is 3. The third-order valence-corrected chi connectivity index (χ3v) is 8.16. The van der Waals surface area contributed by atoms with E-state index in [1.165, 1.54) is 12.1 Å². The third kappa shape index (κ3) is 3.06. The van der Waals surface area contributed by atoms with Crippen LogP contribution >= 0.6 is 11.6 Å². The number of sulfone groups is 1. The van der Waals surface area contributed by atoms with Gasteiger partial charge in [-0.2, -0.15) is 0 Å². The second-order valence-corrected chi connectivity index (χ2v) is 9.59. The molecular formula is C20H22ClNO5S. The molecule has 1 aliphatic heterocycles. The minimum Gasteiger partial charge on any atom is -0.454 e. The Balaban J connectivity index is 1.75. The van der Waals surface area contributed by atoms with Crippen molar-refractivity contribution in [2.75, 3.05) is 26.6 Å². The lowest BCUT2D eigenvalue weighted by molar-refractivity contribution is 0.101. The Morgan fingerprint density at radius 3 is 2.57 bits per heavy atom. The summed E-state index contributed by atoms with van der Waals surface area (Å²) in [5, 5.41) is -0.195. The maximum Gasteiger partial charge on any atom is 0.231 e. The number of benzene rings is 2. The Bertz CT molecular complexity index is 979. The van der Waals surface area contributed by atoms with E-state index in [-0.39, 0.29) is 30.8 Å². The van der Waals surface area contributed by atoms with E-state index in [0.29, 0.717) is 23.1 Å². The van der Waals surface area contributed by atoms with Crippen LogP contribution in [0.2, 0.25) is 5.02 Å². The number of rotatable bonds is 7. The molecule has 4 rings (SSSR count). The van der Waals surface area contributed by atoms with Crippen LogP contribution in [-0.4, -0.2) is 40.2 Å². The van der Waals surface area contributed by atoms with E-state index in [1.54, 1.807) is 12.1 Å². The zero-order valence-corrected chi connectivity index (χ0v) is 17.0. The first-order valence-electron chi connectivity index (χ1n) is 9.11. The van der Waals surface area contributed by atoms with Gasteiger partial charge in [-0.05, 0) is 48.9 Å². The SMILES string of the molecule is CCOC[C@@]1(CN)[C@H](S(=O)(=O)c2ccc(Cl)cc2)[C@@H]1c1ccc2c(c1)OCO2. The van der Waals surface area contributed by atoms with Crippen molar-refractivity contribution in [2.45, 2.75) is 23.0 Å². The van der Waals surface area contributed by atoms with Gasteiger partial charge in [0.15, 0.2) is 21.3 Å². The van der Waals surface area contributed by atoms with E-state index in [4.69, 9.17) is 31.5 Å². The molecule has 0 saturated heterocycles. The molecule has 6 nitrogen and oxygen atoms in total. The highest BCUT2D eigenvalue weighted by Gasteiger charge is 2.70. The second-order valence-electron chi connectivity index (χ2n) is 7.08. The molecule has 1 aliphatic carbocycles. The molecule has 3 atom stereocenters. The monoisotopic (exact) mass is 423 g/mol. The van der Waals surface area contributed by atoms with Crippen LogP contribution in [-0.2, 0) is 14.6 Å². The average molecular weight is 424 g/mol. The average Bonchev–Trinajstić information content (AvgIpc) is 3.15. The molecule has 0 bridgehead atoms. The highest BCUT2D eigenvalue weighted by molar-refractivity contribution is 7.92. The van der Waals surface area contributed by atoms with Crippen LogP contribution in [0.15, 0.2) is 47.4 Å². The zero-order valence-electron chi connectivity index (χ0n) is 15.4. The Morgan fingerprint density at radius 1 is 1.18 bits per heavy atom. The molecule has 1 saturated carbocycles. The van der Waals surface area contributed by atoms with Crippen LogP contribution in [0.5, 0.6) is 11.5 Å². The molecule has 0 radical (unpaired) electrons. The van der Waals surface area contributed by atoms with Crippen molar-refractivity contribution in [2.24, 2.45) is 11.1 Å². The lowest BCUT2D eigenvalue weighted by Gasteiger charge is -2.16. The van der Waals surface area contributed by atoms with E-state index in [1.807, 2.05) is 25.1 Å². The van der Waals surface area contributed by atoms with Gasteiger partial charge in [-0.1, -0.05) is 17.7 Å². The first kappa shape index (κ1) is 19.5. The summed E-state index contributed by atoms with van der Waals surface area (Å²) in [7, 11) is -3.63. The Labute approximate surface area is 169 Å². The fourth-order valence-corrected chi connectivity index (χ4v) is 6.66. The first-order valence-corrected chi connectivity index (χ1v) is 11.0. The lowest BCUT2D eigenvalue weighted by atomic mass is 9.99. The summed E-state index contributed by atoms with van der Waals surface area (Å²) in [5.74, 6) is 0.985. The molecule has 0 spiro atoms. The van der Waals surface area contributed by atoms with Crippen LogP contribution in [0.1, 0.15) is 18.4 Å². The van der Waals surface area contributed by atoms with Crippen molar-refractivity contribution in [3.05, 3.63) is 53.1 Å². The summed E-state index contributed by atoms with van der Waals surface area (Å²) in [6.07, 6.45) is 0. The standard InChI is InChI=1S/C20H22ClNO5S/c1-2-25-11-20(10-22)18(13-3-8-16-17(9-13)27-12-26-16)19(20)28(23,24)15-6-4-14(21)5-7-15/h3-9,18-19H,2,10-12,22H2,1H3/t18-,19+,20+/m0/s1. The summed E-state index contributed by atoms with van der Waals surface area (Å²) in [6, 6.07) is 11.8. The van der Waals surface area contributed by atoms with E-state index in [2.05, 4.69) is 0 Å². The fourth-order valence-electron chi connectivity index (χ4n) is 4.09. The summed E-state index contributed by atoms with van der Waals surface area (Å²) in [6.45, 7) is 3.01. The molecule has 0 amide bonds. The molecular weight excluding hydrogens is 402 g/mol. The molecule has 0 aromatic heterocycles. The first-order chi connectivity index (χ1) is 13.4. The van der Waals surface area contributed by atoms with Gasteiger partial charge in [0, 0.05) is 29.5 Å². The second kappa shape index (κ2) is 7.22. The molecule has 28 heavy (non-hydrogen) atoms. The summed E-state index contributed by atoms with van der Waals surface area (Å²) in [5.41, 5.74) is 6.28.